The van der Waals surface area contributed by atoms with Crippen molar-refractivity contribution in [2.45, 2.75) is 26.2 Å². The molecule has 0 bridgehead atoms. The summed E-state index contributed by atoms with van der Waals surface area (Å²) >= 11 is 0.0681. The molecule has 3 rings (SSSR count). The van der Waals surface area contributed by atoms with Crippen LogP contribution < -0.4 is 5.56 Å². The molecule has 0 aliphatic rings. The zero-order chi connectivity index (χ0) is 13.9. The van der Waals surface area contributed by atoms with Crippen molar-refractivity contribution in [1.82, 2.24) is 3.56 Å². The van der Waals surface area contributed by atoms with Crippen molar-refractivity contribution in [2.75, 3.05) is 0 Å². The predicted molar refractivity (Wildman–Crippen MR) is 85.1 cm³/mol. The predicted octanol–water partition coefficient (Wildman–Crippen LogP) is 3.39. The Balaban J connectivity index is 1.98. The van der Waals surface area contributed by atoms with Crippen LogP contribution in [0.3, 0.4) is 0 Å². The van der Waals surface area contributed by atoms with Crippen LogP contribution in [0.25, 0.3) is 15.3 Å². The average molecular weight is 330 g/mol. The molecule has 102 valence electrons. The molecule has 0 aliphatic heterocycles. The molecule has 3 aromatic rings. The molecule has 0 saturated carbocycles. The number of unbranched alkanes of at least 4 members (excludes halogenated alkanes) is 1. The second-order valence-corrected chi connectivity index (χ2v) is 7.03. The maximum atomic E-state index is 12.4. The topological polar surface area (TPSA) is 22.0 Å². The van der Waals surface area contributed by atoms with Gasteiger partial charge in [-0.15, -0.1) is 0 Å². The molecule has 0 amide bonds. The van der Waals surface area contributed by atoms with Gasteiger partial charge >= 0.3 is 124 Å². The quantitative estimate of drug-likeness (QED) is 0.672. The minimum absolute atomic E-state index is 0.0681. The van der Waals surface area contributed by atoms with Crippen LogP contribution in [-0.2, 0) is 6.42 Å². The second kappa shape index (κ2) is 5.82. The maximum absolute atomic E-state index is 12.4. The molecule has 2 nitrogen and oxygen atoms in total. The van der Waals surface area contributed by atoms with E-state index < -0.39 is 0 Å². The van der Waals surface area contributed by atoms with Gasteiger partial charge < -0.3 is 0 Å². The van der Waals surface area contributed by atoms with E-state index in [4.69, 9.17) is 0 Å². The Labute approximate surface area is 124 Å². The number of rotatable bonds is 4. The van der Waals surface area contributed by atoms with E-state index in [-0.39, 0.29) is 20.3 Å². The fourth-order valence-corrected chi connectivity index (χ4v) is 4.42. The monoisotopic (exact) mass is 331 g/mol. The van der Waals surface area contributed by atoms with Crippen molar-refractivity contribution in [1.29, 1.82) is 0 Å². The van der Waals surface area contributed by atoms with E-state index in [2.05, 4.69) is 37.3 Å². The molecule has 1 heterocycles. The Morgan fingerprint density at radius 1 is 1.05 bits per heavy atom. The van der Waals surface area contributed by atoms with Gasteiger partial charge in [0.05, 0.1) is 0 Å². The van der Waals surface area contributed by atoms with Crippen LogP contribution in [0.4, 0.5) is 0 Å². The molecule has 0 saturated heterocycles. The van der Waals surface area contributed by atoms with E-state index in [1.807, 2.05) is 21.8 Å². The average Bonchev–Trinajstić information content (AvgIpc) is 2.83. The summed E-state index contributed by atoms with van der Waals surface area (Å²) in [6, 6.07) is 16.4. The van der Waals surface area contributed by atoms with Crippen LogP contribution >= 0.6 is 0 Å². The number of benzene rings is 2. The fourth-order valence-electron chi connectivity index (χ4n) is 2.32. The van der Waals surface area contributed by atoms with Gasteiger partial charge in [-0.3, -0.25) is 0 Å². The van der Waals surface area contributed by atoms with Gasteiger partial charge in [-0.25, -0.2) is 0 Å². The number of aromatic nitrogens is 1. The molecule has 0 N–H and O–H groups in total. The van der Waals surface area contributed by atoms with Crippen molar-refractivity contribution in [2.24, 2.45) is 0 Å². The molecule has 0 fully saturated rings. The first-order valence-corrected chi connectivity index (χ1v) is 8.62. The van der Waals surface area contributed by atoms with Crippen molar-refractivity contribution in [3.05, 3.63) is 64.4 Å². The Kier molecular flexibility index (Phi) is 3.90. The summed E-state index contributed by atoms with van der Waals surface area (Å²) in [7, 11) is 0. The molecule has 0 aliphatic carbocycles. The van der Waals surface area contributed by atoms with Crippen molar-refractivity contribution >= 4 is 24.4 Å². The first-order chi connectivity index (χ1) is 9.79. The van der Waals surface area contributed by atoms with Gasteiger partial charge in [0.2, 0.25) is 0 Å². The van der Waals surface area contributed by atoms with E-state index in [0.29, 0.717) is 0 Å². The van der Waals surface area contributed by atoms with Crippen LogP contribution in [-0.4, -0.2) is 18.3 Å². The van der Waals surface area contributed by atoms with Crippen molar-refractivity contribution in [3.63, 3.8) is 0 Å². The van der Waals surface area contributed by atoms with Gasteiger partial charge in [0, 0.05) is 0 Å². The number of aryl methyl sites for hydroxylation is 1. The summed E-state index contributed by atoms with van der Waals surface area (Å²) in [4.78, 5) is 12.4. The Morgan fingerprint density at radius 2 is 1.80 bits per heavy atom. The van der Waals surface area contributed by atoms with Gasteiger partial charge in [-0.1, -0.05) is 0 Å². The van der Waals surface area contributed by atoms with Crippen LogP contribution in [0, 0.1) is 0 Å². The summed E-state index contributed by atoms with van der Waals surface area (Å²) in [5, 5.41) is 0.863. The summed E-state index contributed by atoms with van der Waals surface area (Å²) in [5.74, 6) is 0. The van der Waals surface area contributed by atoms with Crippen molar-refractivity contribution in [3.8, 4) is 5.69 Å². The Bertz CT molecular complexity index is 768. The summed E-state index contributed by atoms with van der Waals surface area (Å²) in [6.07, 6.45) is 3.55. The van der Waals surface area contributed by atoms with E-state index in [9.17, 15) is 4.79 Å². The van der Waals surface area contributed by atoms with Gasteiger partial charge in [0.15, 0.2) is 0 Å². The summed E-state index contributed by atoms with van der Waals surface area (Å²) < 4.78 is 3.10. The summed E-state index contributed by atoms with van der Waals surface area (Å²) in [6.45, 7) is 2.21. The molecule has 2 aromatic carbocycles. The third-order valence-electron chi connectivity index (χ3n) is 3.48. The van der Waals surface area contributed by atoms with Crippen molar-refractivity contribution < 1.29 is 0 Å². The van der Waals surface area contributed by atoms with Gasteiger partial charge in [0.25, 0.3) is 0 Å². The Hall–Kier alpha value is -1.57. The third kappa shape index (κ3) is 2.52. The fraction of sp³-hybridized carbons (Fsp3) is 0.235. The van der Waals surface area contributed by atoms with Crippen LogP contribution in [0.2, 0.25) is 0 Å². The first-order valence-electron chi connectivity index (χ1n) is 7.00. The van der Waals surface area contributed by atoms with E-state index in [0.717, 1.165) is 17.5 Å². The standard InChI is InChI=1S/C17H17NOSe/c1-2-3-6-13-9-11-14(12-10-13)18-17(19)15-7-4-5-8-16(15)20-18/h4-5,7-12H,2-3,6H2,1H3. The zero-order valence-electron chi connectivity index (χ0n) is 11.5. The molecular formula is C17H17NOSe. The summed E-state index contributed by atoms with van der Waals surface area (Å²) in [5.41, 5.74) is 2.51. The van der Waals surface area contributed by atoms with Gasteiger partial charge in [-0.05, 0) is 0 Å². The molecule has 20 heavy (non-hydrogen) atoms. The van der Waals surface area contributed by atoms with Gasteiger partial charge in [0.1, 0.15) is 0 Å². The molecule has 3 heteroatoms. The normalized spacial score (nSPS) is 11.1. The van der Waals surface area contributed by atoms with Crippen LogP contribution in [0.5, 0.6) is 0 Å². The Morgan fingerprint density at radius 3 is 2.50 bits per heavy atom. The minimum atomic E-state index is 0.0681. The molecule has 0 radical (unpaired) electrons. The van der Waals surface area contributed by atoms with Gasteiger partial charge in [-0.2, -0.15) is 0 Å². The van der Waals surface area contributed by atoms with E-state index in [1.165, 1.54) is 22.7 Å². The number of nitrogens with zero attached hydrogens (tertiary/aromatic N) is 1. The first kappa shape index (κ1) is 13.4. The van der Waals surface area contributed by atoms with Crippen LogP contribution in [0.15, 0.2) is 53.3 Å². The number of hydrogen-bond acceptors (Lipinski definition) is 1. The molecule has 0 unspecified atom stereocenters. The molecule has 0 spiro atoms. The number of hydrogen-bond donors (Lipinski definition) is 0. The molecule has 0 atom stereocenters. The zero-order valence-corrected chi connectivity index (χ0v) is 13.2. The molecular weight excluding hydrogens is 313 g/mol. The van der Waals surface area contributed by atoms with Crippen LogP contribution in [0.1, 0.15) is 25.3 Å². The second-order valence-electron chi connectivity index (χ2n) is 4.96. The number of fused-ring (bicyclic) bond motifs is 1. The third-order valence-corrected chi connectivity index (χ3v) is 5.81. The molecule has 1 aromatic heterocycles. The SMILES string of the molecule is CCCCc1ccc(-n2[se]c3ccccc3c2=O)cc1. The van der Waals surface area contributed by atoms with E-state index >= 15 is 0 Å². The van der Waals surface area contributed by atoms with E-state index in [1.54, 1.807) is 0 Å².